The third-order valence-electron chi connectivity index (χ3n) is 3.40. The second-order valence-corrected chi connectivity index (χ2v) is 5.23. The van der Waals surface area contributed by atoms with Gasteiger partial charge in [0.25, 0.3) is 0 Å². The van der Waals surface area contributed by atoms with Crippen LogP contribution >= 0.6 is 15.9 Å². The number of rotatable bonds is 1. The average Bonchev–Trinajstić information content (AvgIpc) is 2.62. The molecule has 0 aromatic heterocycles. The molecule has 0 aliphatic heterocycles. The van der Waals surface area contributed by atoms with Crippen LogP contribution in [0.15, 0.2) is 16.6 Å². The van der Waals surface area contributed by atoms with E-state index in [-0.39, 0.29) is 11.3 Å². The summed E-state index contributed by atoms with van der Waals surface area (Å²) < 4.78 is 0.775. The van der Waals surface area contributed by atoms with Crippen LogP contribution in [0.25, 0.3) is 0 Å². The van der Waals surface area contributed by atoms with Crippen molar-refractivity contribution in [2.24, 2.45) is 5.73 Å². The van der Waals surface area contributed by atoms with E-state index in [1.807, 2.05) is 13.0 Å². The molecule has 0 radical (unpaired) electrons. The van der Waals surface area contributed by atoms with Gasteiger partial charge in [0, 0.05) is 5.54 Å². The van der Waals surface area contributed by atoms with Gasteiger partial charge in [-0.3, -0.25) is 0 Å². The summed E-state index contributed by atoms with van der Waals surface area (Å²) >= 11 is 3.40. The maximum Gasteiger partial charge on any atom is 0.130 e. The molecule has 0 unspecified atom stereocenters. The standard InChI is InChI=1S/C12H16BrNO/c1-8-9(4-5-10(15)11(8)13)12(14)6-2-3-7-12/h4-5,15H,2-3,6-7,14H2,1H3. The monoisotopic (exact) mass is 269 g/mol. The predicted octanol–water partition coefficient (Wildman–Crippen LogP) is 3.19. The Hall–Kier alpha value is -0.540. The van der Waals surface area contributed by atoms with Crippen LogP contribution in [0.3, 0.4) is 0 Å². The van der Waals surface area contributed by atoms with E-state index in [9.17, 15) is 5.11 Å². The van der Waals surface area contributed by atoms with Crippen molar-refractivity contribution in [2.75, 3.05) is 0 Å². The van der Waals surface area contributed by atoms with Crippen molar-refractivity contribution in [3.05, 3.63) is 27.7 Å². The van der Waals surface area contributed by atoms with E-state index < -0.39 is 0 Å². The zero-order valence-electron chi connectivity index (χ0n) is 8.89. The Morgan fingerprint density at radius 3 is 2.53 bits per heavy atom. The first-order valence-corrected chi connectivity index (χ1v) is 6.11. The molecule has 1 saturated carbocycles. The average molecular weight is 270 g/mol. The van der Waals surface area contributed by atoms with Gasteiger partial charge in [-0.25, -0.2) is 0 Å². The first kappa shape index (κ1) is 11.0. The number of aromatic hydroxyl groups is 1. The van der Waals surface area contributed by atoms with E-state index in [1.54, 1.807) is 6.07 Å². The molecule has 0 atom stereocenters. The molecule has 0 amide bonds. The van der Waals surface area contributed by atoms with E-state index in [4.69, 9.17) is 5.73 Å². The Labute approximate surface area is 98.6 Å². The van der Waals surface area contributed by atoms with Crippen molar-refractivity contribution in [2.45, 2.75) is 38.1 Å². The number of benzene rings is 1. The third-order valence-corrected chi connectivity index (χ3v) is 4.40. The molecule has 82 valence electrons. The lowest BCUT2D eigenvalue weighted by atomic mass is 9.86. The van der Waals surface area contributed by atoms with Gasteiger partial charge in [0.15, 0.2) is 0 Å². The highest BCUT2D eigenvalue weighted by Gasteiger charge is 2.33. The van der Waals surface area contributed by atoms with Crippen LogP contribution in [-0.2, 0) is 5.54 Å². The van der Waals surface area contributed by atoms with Crippen molar-refractivity contribution in [3.63, 3.8) is 0 Å². The molecule has 15 heavy (non-hydrogen) atoms. The lowest BCUT2D eigenvalue weighted by Crippen LogP contribution is -2.33. The van der Waals surface area contributed by atoms with E-state index in [0.717, 1.165) is 22.9 Å². The molecular weight excluding hydrogens is 254 g/mol. The van der Waals surface area contributed by atoms with Crippen LogP contribution in [-0.4, -0.2) is 5.11 Å². The number of phenols is 1. The molecule has 1 aliphatic rings. The number of hydrogen-bond acceptors (Lipinski definition) is 2. The normalized spacial score (nSPS) is 19.4. The first-order valence-electron chi connectivity index (χ1n) is 5.32. The summed E-state index contributed by atoms with van der Waals surface area (Å²) in [5.74, 6) is 0.290. The van der Waals surface area contributed by atoms with Gasteiger partial charge in [-0.2, -0.15) is 0 Å². The Balaban J connectivity index is 2.49. The summed E-state index contributed by atoms with van der Waals surface area (Å²) in [7, 11) is 0. The molecule has 0 bridgehead atoms. The highest BCUT2D eigenvalue weighted by molar-refractivity contribution is 9.10. The van der Waals surface area contributed by atoms with Crippen molar-refractivity contribution in [1.82, 2.24) is 0 Å². The van der Waals surface area contributed by atoms with Gasteiger partial charge in [-0.15, -0.1) is 0 Å². The van der Waals surface area contributed by atoms with Gasteiger partial charge >= 0.3 is 0 Å². The number of phenolic OH excluding ortho intramolecular Hbond substituents is 1. The van der Waals surface area contributed by atoms with Crippen LogP contribution in [0.2, 0.25) is 0 Å². The number of nitrogens with two attached hydrogens (primary N) is 1. The van der Waals surface area contributed by atoms with Crippen LogP contribution in [0.5, 0.6) is 5.75 Å². The van der Waals surface area contributed by atoms with Gasteiger partial charge in [0.05, 0.1) is 4.47 Å². The van der Waals surface area contributed by atoms with Crippen LogP contribution in [0.4, 0.5) is 0 Å². The van der Waals surface area contributed by atoms with Crippen molar-refractivity contribution >= 4 is 15.9 Å². The van der Waals surface area contributed by atoms with Crippen molar-refractivity contribution in [3.8, 4) is 5.75 Å². The van der Waals surface area contributed by atoms with Crippen LogP contribution in [0, 0.1) is 6.92 Å². The fraction of sp³-hybridized carbons (Fsp3) is 0.500. The quantitative estimate of drug-likeness (QED) is 0.823. The third kappa shape index (κ3) is 1.79. The van der Waals surface area contributed by atoms with E-state index in [2.05, 4.69) is 15.9 Å². The largest absolute Gasteiger partial charge is 0.507 e. The molecular formula is C12H16BrNO. The second kappa shape index (κ2) is 3.80. The van der Waals surface area contributed by atoms with Crippen LogP contribution in [0.1, 0.15) is 36.8 Å². The smallest absolute Gasteiger partial charge is 0.130 e. The maximum atomic E-state index is 9.56. The van der Waals surface area contributed by atoms with Crippen molar-refractivity contribution < 1.29 is 5.11 Å². The molecule has 1 aromatic carbocycles. The summed E-state index contributed by atoms with van der Waals surface area (Å²) in [6.45, 7) is 2.01. The second-order valence-electron chi connectivity index (χ2n) is 4.43. The zero-order valence-corrected chi connectivity index (χ0v) is 10.5. The zero-order chi connectivity index (χ0) is 11.1. The number of halogens is 1. The summed E-state index contributed by atoms with van der Waals surface area (Å²) in [6.07, 6.45) is 4.50. The minimum atomic E-state index is -0.180. The molecule has 0 heterocycles. The van der Waals surface area contributed by atoms with E-state index in [0.29, 0.717) is 0 Å². The lowest BCUT2D eigenvalue weighted by Gasteiger charge is -2.26. The first-order chi connectivity index (χ1) is 7.04. The Morgan fingerprint density at radius 2 is 1.93 bits per heavy atom. The van der Waals surface area contributed by atoms with Gasteiger partial charge < -0.3 is 10.8 Å². The summed E-state index contributed by atoms with van der Waals surface area (Å²) in [4.78, 5) is 0. The molecule has 2 nitrogen and oxygen atoms in total. The van der Waals surface area contributed by atoms with Gasteiger partial charge in [-0.05, 0) is 52.9 Å². The summed E-state index contributed by atoms with van der Waals surface area (Å²) in [5, 5.41) is 9.56. The molecule has 2 rings (SSSR count). The van der Waals surface area contributed by atoms with Gasteiger partial charge in [0.2, 0.25) is 0 Å². The Kier molecular flexibility index (Phi) is 2.77. The lowest BCUT2D eigenvalue weighted by molar-refractivity contribution is 0.450. The van der Waals surface area contributed by atoms with Gasteiger partial charge in [0.1, 0.15) is 5.75 Å². The van der Waals surface area contributed by atoms with Crippen LogP contribution < -0.4 is 5.73 Å². The molecule has 3 heteroatoms. The predicted molar refractivity (Wildman–Crippen MR) is 64.9 cm³/mol. The molecule has 1 aliphatic carbocycles. The fourth-order valence-corrected chi connectivity index (χ4v) is 2.83. The Morgan fingerprint density at radius 1 is 1.33 bits per heavy atom. The minimum absolute atomic E-state index is 0.180. The highest BCUT2D eigenvalue weighted by atomic mass is 79.9. The Bertz CT molecular complexity index is 383. The molecule has 0 spiro atoms. The number of hydrogen-bond donors (Lipinski definition) is 2. The molecule has 3 N–H and O–H groups in total. The summed E-state index contributed by atoms with van der Waals surface area (Å²) in [6, 6.07) is 3.68. The highest BCUT2D eigenvalue weighted by Crippen LogP contribution is 2.41. The topological polar surface area (TPSA) is 46.2 Å². The molecule has 0 saturated heterocycles. The maximum absolute atomic E-state index is 9.56. The molecule has 1 fully saturated rings. The SMILES string of the molecule is Cc1c(C2(N)CCCC2)ccc(O)c1Br. The van der Waals surface area contributed by atoms with E-state index in [1.165, 1.54) is 18.4 Å². The summed E-state index contributed by atoms with van der Waals surface area (Å²) in [5.41, 5.74) is 8.46. The fourth-order valence-electron chi connectivity index (χ4n) is 2.49. The van der Waals surface area contributed by atoms with Crippen molar-refractivity contribution in [1.29, 1.82) is 0 Å². The molecule has 1 aromatic rings. The van der Waals surface area contributed by atoms with Gasteiger partial charge in [-0.1, -0.05) is 18.9 Å². The minimum Gasteiger partial charge on any atom is -0.507 e. The van der Waals surface area contributed by atoms with E-state index >= 15 is 0 Å².